The Balaban J connectivity index is 1.32. The number of benzene rings is 1. The summed E-state index contributed by atoms with van der Waals surface area (Å²) >= 11 is 0. The minimum atomic E-state index is -0.300. The first-order valence-electron chi connectivity index (χ1n) is 11.5. The van der Waals surface area contributed by atoms with Crippen molar-refractivity contribution in [1.82, 2.24) is 20.4 Å². The predicted molar refractivity (Wildman–Crippen MR) is 121 cm³/mol. The Labute approximate surface area is 185 Å². The number of guanidine groups is 1. The van der Waals surface area contributed by atoms with Crippen LogP contribution in [0.3, 0.4) is 0 Å². The number of hydrogen-bond donors (Lipinski definition) is 2. The van der Waals surface area contributed by atoms with E-state index < -0.39 is 0 Å². The van der Waals surface area contributed by atoms with Crippen LogP contribution in [-0.2, 0) is 4.79 Å². The average Bonchev–Trinajstić information content (AvgIpc) is 2.74. The summed E-state index contributed by atoms with van der Waals surface area (Å²) in [6, 6.07) is 6.21. The highest BCUT2D eigenvalue weighted by Gasteiger charge is 2.31. The molecule has 31 heavy (non-hydrogen) atoms. The topological polar surface area (TPSA) is 69.2 Å². The lowest BCUT2D eigenvalue weighted by atomic mass is 9.84. The minimum Gasteiger partial charge on any atom is -0.489 e. The van der Waals surface area contributed by atoms with Gasteiger partial charge in [-0.25, -0.2) is 4.39 Å². The highest BCUT2D eigenvalue weighted by molar-refractivity contribution is 5.80. The molecule has 8 heteroatoms. The van der Waals surface area contributed by atoms with Crippen LogP contribution in [0.1, 0.15) is 32.6 Å². The number of nitrogens with one attached hydrogen (secondary N) is 2. The number of piperazine rings is 1. The van der Waals surface area contributed by atoms with E-state index in [-0.39, 0.29) is 11.9 Å². The molecule has 0 bridgehead atoms. The average molecular weight is 434 g/mol. The van der Waals surface area contributed by atoms with Gasteiger partial charge in [-0.05, 0) is 31.4 Å². The van der Waals surface area contributed by atoms with Crippen molar-refractivity contribution in [2.45, 2.75) is 38.7 Å². The van der Waals surface area contributed by atoms with Crippen LogP contribution in [0.15, 0.2) is 29.3 Å². The van der Waals surface area contributed by atoms with E-state index in [1.54, 1.807) is 19.2 Å². The van der Waals surface area contributed by atoms with Crippen molar-refractivity contribution in [2.24, 2.45) is 10.9 Å². The van der Waals surface area contributed by atoms with Crippen LogP contribution in [0.4, 0.5) is 4.39 Å². The molecule has 1 saturated heterocycles. The van der Waals surface area contributed by atoms with Gasteiger partial charge in [-0.1, -0.05) is 19.4 Å². The zero-order chi connectivity index (χ0) is 22.1. The Morgan fingerprint density at radius 3 is 2.65 bits per heavy atom. The maximum atomic E-state index is 13.4. The molecule has 1 aliphatic heterocycles. The van der Waals surface area contributed by atoms with E-state index in [4.69, 9.17) is 4.74 Å². The molecule has 3 rings (SSSR count). The first-order valence-corrected chi connectivity index (χ1v) is 11.5. The third-order valence-corrected chi connectivity index (χ3v) is 6.13. The van der Waals surface area contributed by atoms with E-state index in [0.29, 0.717) is 24.1 Å². The normalized spacial score (nSPS) is 18.9. The van der Waals surface area contributed by atoms with E-state index in [0.717, 1.165) is 64.5 Å². The van der Waals surface area contributed by atoms with Crippen LogP contribution in [0, 0.1) is 11.7 Å². The van der Waals surface area contributed by atoms with Crippen molar-refractivity contribution in [1.29, 1.82) is 0 Å². The van der Waals surface area contributed by atoms with Gasteiger partial charge < -0.3 is 20.3 Å². The number of nitrogens with zero attached hydrogens (tertiary/aromatic N) is 3. The smallest absolute Gasteiger partial charge is 0.225 e. The maximum absolute atomic E-state index is 13.4. The molecule has 1 aliphatic carbocycles. The third kappa shape index (κ3) is 7.09. The van der Waals surface area contributed by atoms with Crippen LogP contribution < -0.4 is 15.4 Å². The Morgan fingerprint density at radius 2 is 2.03 bits per heavy atom. The highest BCUT2D eigenvalue weighted by Crippen LogP contribution is 2.28. The summed E-state index contributed by atoms with van der Waals surface area (Å²) in [7, 11) is 1.74. The quantitative estimate of drug-likeness (QED) is 0.461. The summed E-state index contributed by atoms with van der Waals surface area (Å²) in [5.41, 5.74) is 0. The van der Waals surface area contributed by atoms with Crippen LogP contribution in [-0.4, -0.2) is 80.6 Å². The second kappa shape index (κ2) is 11.9. The predicted octanol–water partition coefficient (Wildman–Crippen LogP) is 2.09. The van der Waals surface area contributed by atoms with Gasteiger partial charge in [-0.2, -0.15) is 0 Å². The number of hydrogen-bond acceptors (Lipinski definition) is 4. The second-order valence-electron chi connectivity index (χ2n) is 8.28. The Morgan fingerprint density at radius 1 is 1.26 bits per heavy atom. The summed E-state index contributed by atoms with van der Waals surface area (Å²) in [5, 5.41) is 6.63. The molecule has 0 radical (unpaired) electrons. The maximum Gasteiger partial charge on any atom is 0.225 e. The van der Waals surface area contributed by atoms with Crippen LogP contribution in [0.25, 0.3) is 0 Å². The second-order valence-corrected chi connectivity index (χ2v) is 8.28. The zero-order valence-electron chi connectivity index (χ0n) is 18.8. The van der Waals surface area contributed by atoms with Crippen LogP contribution in [0.2, 0.25) is 0 Å². The van der Waals surface area contributed by atoms with Crippen molar-refractivity contribution in [3.8, 4) is 5.75 Å². The summed E-state index contributed by atoms with van der Waals surface area (Å²) in [6.07, 6.45) is 4.06. The van der Waals surface area contributed by atoms with Crippen LogP contribution in [0.5, 0.6) is 5.75 Å². The fourth-order valence-electron chi connectivity index (χ4n) is 3.87. The Hall–Kier alpha value is -2.35. The molecule has 172 valence electrons. The molecular weight excluding hydrogens is 397 g/mol. The van der Waals surface area contributed by atoms with E-state index in [1.807, 2.05) is 11.8 Å². The van der Waals surface area contributed by atoms with Crippen molar-refractivity contribution >= 4 is 11.9 Å². The molecule has 2 N–H and O–H groups in total. The summed E-state index contributed by atoms with van der Waals surface area (Å²) < 4.78 is 19.2. The standard InChI is InChI=1S/C23H36FN5O2/c1-3-20(31-21-9-5-8-19(24)16-21)17-27-23(25-2)26-10-11-28-12-14-29(15-13-28)22(30)18-6-4-7-18/h5,8-9,16,18,20H,3-4,6-7,10-15,17H2,1-2H3,(H2,25,26,27). The zero-order valence-corrected chi connectivity index (χ0v) is 18.8. The van der Waals surface area contributed by atoms with Gasteiger partial charge in [0.05, 0.1) is 6.54 Å². The molecule has 0 aromatic heterocycles. The first-order chi connectivity index (χ1) is 15.1. The monoisotopic (exact) mass is 433 g/mol. The molecule has 2 aliphatic rings. The molecule has 1 unspecified atom stereocenters. The molecule has 1 amide bonds. The number of amides is 1. The van der Waals surface area contributed by atoms with Gasteiger partial charge >= 0.3 is 0 Å². The lowest BCUT2D eigenvalue weighted by Gasteiger charge is -2.38. The molecule has 1 heterocycles. The first kappa shape index (κ1) is 23.3. The van der Waals surface area contributed by atoms with E-state index in [2.05, 4.69) is 20.5 Å². The minimum absolute atomic E-state index is 0.0818. The number of rotatable bonds is 9. The number of carbonyl (C=O) groups excluding carboxylic acids is 1. The molecule has 1 atom stereocenters. The summed E-state index contributed by atoms with van der Waals surface area (Å²) in [4.78, 5) is 21.1. The fraction of sp³-hybridized carbons (Fsp3) is 0.652. The SMILES string of the molecule is CCC(CNC(=NC)NCCN1CCN(C(=O)C2CCC2)CC1)Oc1cccc(F)c1. The number of carbonyl (C=O) groups is 1. The van der Waals surface area contributed by atoms with Crippen molar-refractivity contribution in [2.75, 3.05) is 52.9 Å². The Bertz CT molecular complexity index is 732. The lowest BCUT2D eigenvalue weighted by Crippen LogP contribution is -2.52. The van der Waals surface area contributed by atoms with E-state index >= 15 is 0 Å². The molecule has 1 aromatic rings. The van der Waals surface area contributed by atoms with Crippen molar-refractivity contribution in [3.05, 3.63) is 30.1 Å². The van der Waals surface area contributed by atoms with Gasteiger partial charge in [0, 0.05) is 58.3 Å². The van der Waals surface area contributed by atoms with Crippen molar-refractivity contribution < 1.29 is 13.9 Å². The van der Waals surface area contributed by atoms with Gasteiger partial charge in [0.1, 0.15) is 17.7 Å². The van der Waals surface area contributed by atoms with E-state index in [9.17, 15) is 9.18 Å². The molecule has 7 nitrogen and oxygen atoms in total. The lowest BCUT2D eigenvalue weighted by molar-refractivity contribution is -0.139. The fourth-order valence-corrected chi connectivity index (χ4v) is 3.87. The number of aliphatic imine (C=N–C) groups is 1. The molecular formula is C23H36FN5O2. The van der Waals surface area contributed by atoms with E-state index in [1.165, 1.54) is 18.6 Å². The van der Waals surface area contributed by atoms with Gasteiger partial charge in [0.25, 0.3) is 0 Å². The Kier molecular flexibility index (Phi) is 8.94. The third-order valence-electron chi connectivity index (χ3n) is 6.13. The number of ether oxygens (including phenoxy) is 1. The highest BCUT2D eigenvalue weighted by atomic mass is 19.1. The largest absolute Gasteiger partial charge is 0.489 e. The molecule has 2 fully saturated rings. The van der Waals surface area contributed by atoms with Gasteiger partial charge in [-0.3, -0.25) is 14.7 Å². The van der Waals surface area contributed by atoms with Crippen LogP contribution >= 0.6 is 0 Å². The molecule has 1 saturated carbocycles. The van der Waals surface area contributed by atoms with Gasteiger partial charge in [0.15, 0.2) is 5.96 Å². The molecule has 0 spiro atoms. The summed E-state index contributed by atoms with van der Waals surface area (Å²) in [6.45, 7) is 7.81. The molecule has 1 aromatic carbocycles. The van der Waals surface area contributed by atoms with Gasteiger partial charge in [0.2, 0.25) is 5.91 Å². The van der Waals surface area contributed by atoms with Crippen molar-refractivity contribution in [3.63, 3.8) is 0 Å². The van der Waals surface area contributed by atoms with Gasteiger partial charge in [-0.15, -0.1) is 0 Å². The number of halogens is 1. The summed E-state index contributed by atoms with van der Waals surface area (Å²) in [5.74, 6) is 1.61.